The molecule has 0 fully saturated rings. The molecule has 0 saturated heterocycles. The van der Waals surface area contributed by atoms with Gasteiger partial charge in [0.1, 0.15) is 11.7 Å². The zero-order valence-corrected chi connectivity index (χ0v) is 13.7. The lowest BCUT2D eigenvalue weighted by Gasteiger charge is -2.32. The van der Waals surface area contributed by atoms with E-state index in [1.165, 1.54) is 0 Å². The summed E-state index contributed by atoms with van der Waals surface area (Å²) in [6.07, 6.45) is 1.65. The standard InChI is InChI=1S/C18H17N5O2/c1-19-17(24)16-11-22(10-13-8-9-20-23(13)16)18(25)15-7-6-12-4-2-3-5-14(12)21-15/h2-9,16H,10-11H2,1H3,(H,19,24)/t16-/m0/s1. The van der Waals surface area contributed by atoms with E-state index in [-0.39, 0.29) is 18.4 Å². The fraction of sp³-hybridized carbons (Fsp3) is 0.222. The van der Waals surface area contributed by atoms with E-state index in [0.717, 1.165) is 16.6 Å². The Kier molecular flexibility index (Phi) is 3.68. The number of pyridine rings is 1. The molecule has 0 spiro atoms. The van der Waals surface area contributed by atoms with Crippen molar-refractivity contribution in [3.05, 3.63) is 60.0 Å². The minimum atomic E-state index is -0.534. The molecule has 2 aromatic heterocycles. The fourth-order valence-electron chi connectivity index (χ4n) is 3.16. The van der Waals surface area contributed by atoms with Gasteiger partial charge in [-0.05, 0) is 18.2 Å². The van der Waals surface area contributed by atoms with E-state index in [9.17, 15) is 9.59 Å². The number of para-hydroxylation sites is 1. The summed E-state index contributed by atoms with van der Waals surface area (Å²) >= 11 is 0. The Balaban J connectivity index is 1.66. The normalized spacial score (nSPS) is 16.5. The Morgan fingerprint density at radius 1 is 1.16 bits per heavy atom. The van der Waals surface area contributed by atoms with E-state index in [1.54, 1.807) is 28.9 Å². The predicted molar refractivity (Wildman–Crippen MR) is 91.8 cm³/mol. The second-order valence-electron chi connectivity index (χ2n) is 5.97. The lowest BCUT2D eigenvalue weighted by molar-refractivity contribution is -0.125. The van der Waals surface area contributed by atoms with Gasteiger partial charge < -0.3 is 10.2 Å². The third-order valence-electron chi connectivity index (χ3n) is 4.45. The lowest BCUT2D eigenvalue weighted by atomic mass is 10.1. The number of carbonyl (C=O) groups is 2. The molecule has 0 radical (unpaired) electrons. The summed E-state index contributed by atoms with van der Waals surface area (Å²) in [4.78, 5) is 31.2. The predicted octanol–water partition coefficient (Wildman–Crippen LogP) is 1.37. The summed E-state index contributed by atoms with van der Waals surface area (Å²) in [7, 11) is 1.58. The van der Waals surface area contributed by atoms with Crippen molar-refractivity contribution in [1.82, 2.24) is 25.0 Å². The minimum absolute atomic E-state index is 0.172. The molecule has 7 nitrogen and oxygen atoms in total. The van der Waals surface area contributed by atoms with Crippen molar-refractivity contribution >= 4 is 22.7 Å². The zero-order valence-electron chi connectivity index (χ0n) is 13.7. The van der Waals surface area contributed by atoms with Crippen LogP contribution in [-0.2, 0) is 11.3 Å². The molecule has 0 bridgehead atoms. The first-order valence-electron chi connectivity index (χ1n) is 8.06. The number of aromatic nitrogens is 3. The third kappa shape index (κ3) is 2.63. The Labute approximate surface area is 144 Å². The van der Waals surface area contributed by atoms with Crippen LogP contribution in [0.3, 0.4) is 0 Å². The summed E-state index contributed by atoms with van der Waals surface area (Å²) in [5, 5.41) is 7.84. The number of nitrogens with zero attached hydrogens (tertiary/aromatic N) is 4. The maximum absolute atomic E-state index is 12.9. The van der Waals surface area contributed by atoms with Crippen LogP contribution in [0, 0.1) is 0 Å². The van der Waals surface area contributed by atoms with Gasteiger partial charge in [0, 0.05) is 18.6 Å². The topological polar surface area (TPSA) is 80.1 Å². The van der Waals surface area contributed by atoms with Crippen LogP contribution in [0.2, 0.25) is 0 Å². The number of hydrogen-bond donors (Lipinski definition) is 1. The Hall–Kier alpha value is -3.22. The van der Waals surface area contributed by atoms with E-state index in [4.69, 9.17) is 0 Å². The van der Waals surface area contributed by atoms with Crippen LogP contribution in [0.1, 0.15) is 22.2 Å². The Morgan fingerprint density at radius 2 is 2.00 bits per heavy atom. The SMILES string of the molecule is CNC(=O)[C@@H]1CN(C(=O)c2ccc3ccccc3n2)Cc2ccnn21. The summed E-state index contributed by atoms with van der Waals surface area (Å²) in [6, 6.07) is 12.6. The van der Waals surface area contributed by atoms with Crippen LogP contribution in [-0.4, -0.2) is 45.1 Å². The van der Waals surface area contributed by atoms with Crippen LogP contribution >= 0.6 is 0 Å². The Morgan fingerprint density at radius 3 is 2.84 bits per heavy atom. The van der Waals surface area contributed by atoms with Crippen molar-refractivity contribution in [2.45, 2.75) is 12.6 Å². The molecule has 3 heterocycles. The van der Waals surface area contributed by atoms with E-state index in [2.05, 4.69) is 15.4 Å². The maximum atomic E-state index is 12.9. The van der Waals surface area contributed by atoms with Crippen LogP contribution in [0.4, 0.5) is 0 Å². The van der Waals surface area contributed by atoms with Crippen LogP contribution in [0.5, 0.6) is 0 Å². The quantitative estimate of drug-likeness (QED) is 0.767. The van der Waals surface area contributed by atoms with Gasteiger partial charge >= 0.3 is 0 Å². The molecule has 3 aromatic rings. The van der Waals surface area contributed by atoms with Gasteiger partial charge in [-0.1, -0.05) is 24.3 Å². The summed E-state index contributed by atoms with van der Waals surface area (Å²) in [6.45, 7) is 0.669. The first kappa shape index (κ1) is 15.3. The van der Waals surface area contributed by atoms with Crippen molar-refractivity contribution < 1.29 is 9.59 Å². The number of rotatable bonds is 2. The molecule has 2 amide bonds. The molecule has 1 aromatic carbocycles. The molecular weight excluding hydrogens is 318 g/mol. The molecule has 126 valence electrons. The third-order valence-corrected chi connectivity index (χ3v) is 4.45. The average Bonchev–Trinajstić information content (AvgIpc) is 3.14. The first-order valence-corrected chi connectivity index (χ1v) is 8.06. The molecule has 7 heteroatoms. The summed E-state index contributed by atoms with van der Waals surface area (Å²) in [5.74, 6) is -0.360. The highest BCUT2D eigenvalue weighted by atomic mass is 16.2. The highest BCUT2D eigenvalue weighted by Gasteiger charge is 2.33. The smallest absolute Gasteiger partial charge is 0.272 e. The molecule has 1 N–H and O–H groups in total. The molecule has 0 aliphatic carbocycles. The number of likely N-dealkylation sites (N-methyl/N-ethyl adjacent to an activating group) is 1. The fourth-order valence-corrected chi connectivity index (χ4v) is 3.16. The molecule has 1 atom stereocenters. The van der Waals surface area contributed by atoms with E-state index < -0.39 is 6.04 Å². The molecule has 25 heavy (non-hydrogen) atoms. The van der Waals surface area contributed by atoms with Gasteiger partial charge in [0.15, 0.2) is 0 Å². The highest BCUT2D eigenvalue weighted by molar-refractivity contribution is 5.95. The molecule has 4 rings (SSSR count). The average molecular weight is 335 g/mol. The van der Waals surface area contributed by atoms with Gasteiger partial charge in [0.05, 0.1) is 24.3 Å². The largest absolute Gasteiger partial charge is 0.357 e. The second-order valence-corrected chi connectivity index (χ2v) is 5.97. The number of benzene rings is 1. The number of nitrogens with one attached hydrogen (secondary N) is 1. The van der Waals surface area contributed by atoms with Gasteiger partial charge in [-0.2, -0.15) is 5.10 Å². The molecular formula is C18H17N5O2. The number of amides is 2. The number of fused-ring (bicyclic) bond motifs is 2. The van der Waals surface area contributed by atoms with Crippen molar-refractivity contribution in [2.75, 3.05) is 13.6 Å². The minimum Gasteiger partial charge on any atom is -0.357 e. The van der Waals surface area contributed by atoms with Crippen LogP contribution in [0.25, 0.3) is 10.9 Å². The van der Waals surface area contributed by atoms with Crippen molar-refractivity contribution in [3.63, 3.8) is 0 Å². The van der Waals surface area contributed by atoms with Gasteiger partial charge in [0.25, 0.3) is 5.91 Å². The molecule has 1 aliphatic rings. The van der Waals surface area contributed by atoms with Crippen molar-refractivity contribution in [3.8, 4) is 0 Å². The van der Waals surface area contributed by atoms with E-state index in [1.807, 2.05) is 36.4 Å². The van der Waals surface area contributed by atoms with Crippen molar-refractivity contribution in [1.29, 1.82) is 0 Å². The molecule has 0 unspecified atom stereocenters. The number of carbonyl (C=O) groups excluding carboxylic acids is 2. The second kappa shape index (κ2) is 6.01. The van der Waals surface area contributed by atoms with E-state index >= 15 is 0 Å². The first-order chi connectivity index (χ1) is 12.2. The summed E-state index contributed by atoms with van der Waals surface area (Å²) in [5.41, 5.74) is 1.98. The number of hydrogen-bond acceptors (Lipinski definition) is 4. The molecule has 1 aliphatic heterocycles. The Bertz CT molecular complexity index is 965. The zero-order chi connectivity index (χ0) is 17.4. The van der Waals surface area contributed by atoms with Crippen LogP contribution in [0.15, 0.2) is 48.7 Å². The van der Waals surface area contributed by atoms with Gasteiger partial charge in [-0.15, -0.1) is 0 Å². The van der Waals surface area contributed by atoms with Gasteiger partial charge in [-0.3, -0.25) is 14.3 Å². The van der Waals surface area contributed by atoms with Gasteiger partial charge in [-0.25, -0.2) is 4.98 Å². The molecule has 0 saturated carbocycles. The lowest BCUT2D eigenvalue weighted by Crippen LogP contribution is -2.46. The van der Waals surface area contributed by atoms with Crippen LogP contribution < -0.4 is 5.32 Å². The highest BCUT2D eigenvalue weighted by Crippen LogP contribution is 2.22. The maximum Gasteiger partial charge on any atom is 0.272 e. The summed E-state index contributed by atoms with van der Waals surface area (Å²) < 4.78 is 1.68. The van der Waals surface area contributed by atoms with Crippen molar-refractivity contribution in [2.24, 2.45) is 0 Å². The van der Waals surface area contributed by atoms with E-state index in [0.29, 0.717) is 12.2 Å². The monoisotopic (exact) mass is 335 g/mol. The van der Waals surface area contributed by atoms with Gasteiger partial charge in [0.2, 0.25) is 5.91 Å².